The summed E-state index contributed by atoms with van der Waals surface area (Å²) in [5, 5.41) is 6.43. The molecule has 0 unspecified atom stereocenters. The quantitative estimate of drug-likeness (QED) is 0.840. The maximum Gasteiger partial charge on any atom is 0.237 e. The number of para-hydroxylation sites is 1. The average Bonchev–Trinajstić information content (AvgIpc) is 2.60. The van der Waals surface area contributed by atoms with E-state index in [4.69, 9.17) is 9.47 Å². The molecule has 3 rings (SSSR count). The Labute approximate surface area is 143 Å². The molecule has 1 aromatic carbocycles. The molecule has 0 bridgehead atoms. The molecule has 1 amide bonds. The van der Waals surface area contributed by atoms with Gasteiger partial charge in [-0.3, -0.25) is 4.79 Å². The molecule has 6 nitrogen and oxygen atoms in total. The van der Waals surface area contributed by atoms with Crippen molar-refractivity contribution in [1.29, 1.82) is 0 Å². The first-order valence-corrected chi connectivity index (χ1v) is 8.69. The van der Waals surface area contributed by atoms with Crippen molar-refractivity contribution >= 4 is 5.91 Å². The van der Waals surface area contributed by atoms with Crippen molar-refractivity contribution in [3.05, 3.63) is 29.8 Å². The molecule has 2 aliphatic heterocycles. The third kappa shape index (κ3) is 4.26. The van der Waals surface area contributed by atoms with Gasteiger partial charge in [-0.05, 0) is 20.0 Å². The van der Waals surface area contributed by atoms with Crippen LogP contribution in [0.4, 0.5) is 0 Å². The number of carbonyl (C=O) groups excluding carboxylic acids is 1. The van der Waals surface area contributed by atoms with Crippen molar-refractivity contribution in [2.45, 2.75) is 31.5 Å². The molecule has 2 aliphatic rings. The SMILES string of the molecule is C[C@H](NC[C@@H]1CN(C)CCO1)C(=O)N[C@H]1CCOc2ccccc21. The van der Waals surface area contributed by atoms with Crippen molar-refractivity contribution in [3.8, 4) is 5.75 Å². The largest absolute Gasteiger partial charge is 0.493 e. The van der Waals surface area contributed by atoms with Crippen LogP contribution in [0.3, 0.4) is 0 Å². The van der Waals surface area contributed by atoms with Crippen LogP contribution in [-0.2, 0) is 9.53 Å². The number of hydrogen-bond donors (Lipinski definition) is 2. The first kappa shape index (κ1) is 17.2. The topological polar surface area (TPSA) is 62.8 Å². The second-order valence-corrected chi connectivity index (χ2v) is 6.62. The van der Waals surface area contributed by atoms with Gasteiger partial charge in [0, 0.05) is 31.6 Å². The summed E-state index contributed by atoms with van der Waals surface area (Å²) >= 11 is 0. The minimum Gasteiger partial charge on any atom is -0.493 e. The van der Waals surface area contributed by atoms with Gasteiger partial charge in [-0.25, -0.2) is 0 Å². The Balaban J connectivity index is 1.50. The van der Waals surface area contributed by atoms with E-state index in [-0.39, 0.29) is 24.1 Å². The molecular weight excluding hydrogens is 306 g/mol. The summed E-state index contributed by atoms with van der Waals surface area (Å²) in [7, 11) is 2.09. The molecule has 1 fully saturated rings. The van der Waals surface area contributed by atoms with Crippen LogP contribution in [0.2, 0.25) is 0 Å². The fourth-order valence-corrected chi connectivity index (χ4v) is 3.18. The van der Waals surface area contributed by atoms with Gasteiger partial charge in [0.2, 0.25) is 5.91 Å². The minimum atomic E-state index is -0.254. The molecule has 3 atom stereocenters. The third-order valence-electron chi connectivity index (χ3n) is 4.66. The summed E-state index contributed by atoms with van der Waals surface area (Å²) in [6.07, 6.45) is 0.939. The zero-order valence-corrected chi connectivity index (χ0v) is 14.5. The number of morpholine rings is 1. The van der Waals surface area contributed by atoms with E-state index in [0.717, 1.165) is 37.4 Å². The molecule has 1 aromatic rings. The Bertz CT molecular complexity index is 566. The zero-order valence-electron chi connectivity index (χ0n) is 14.5. The lowest BCUT2D eigenvalue weighted by Crippen LogP contribution is -2.50. The molecule has 0 aliphatic carbocycles. The molecule has 2 heterocycles. The van der Waals surface area contributed by atoms with Gasteiger partial charge < -0.3 is 25.0 Å². The lowest BCUT2D eigenvalue weighted by molar-refractivity contribution is -0.124. The van der Waals surface area contributed by atoms with Gasteiger partial charge in [0.1, 0.15) is 5.75 Å². The lowest BCUT2D eigenvalue weighted by Gasteiger charge is -2.31. The van der Waals surface area contributed by atoms with Crippen LogP contribution in [0, 0.1) is 0 Å². The predicted octanol–water partition coefficient (Wildman–Crippen LogP) is 0.935. The number of benzene rings is 1. The molecule has 24 heavy (non-hydrogen) atoms. The monoisotopic (exact) mass is 333 g/mol. The van der Waals surface area contributed by atoms with Crippen molar-refractivity contribution in [2.75, 3.05) is 39.9 Å². The smallest absolute Gasteiger partial charge is 0.237 e. The Morgan fingerprint density at radius 1 is 1.38 bits per heavy atom. The summed E-state index contributed by atoms with van der Waals surface area (Å²) < 4.78 is 11.4. The molecule has 1 saturated heterocycles. The normalized spacial score (nSPS) is 25.4. The van der Waals surface area contributed by atoms with Gasteiger partial charge in [-0.2, -0.15) is 0 Å². The van der Waals surface area contributed by atoms with Gasteiger partial charge in [0.15, 0.2) is 0 Å². The molecule has 0 spiro atoms. The van der Waals surface area contributed by atoms with Gasteiger partial charge in [0.05, 0.1) is 31.4 Å². The average molecular weight is 333 g/mol. The molecule has 132 valence electrons. The molecule has 0 radical (unpaired) electrons. The molecule has 0 aromatic heterocycles. The summed E-state index contributed by atoms with van der Waals surface area (Å²) in [5.74, 6) is 0.883. The number of amides is 1. The van der Waals surface area contributed by atoms with Crippen LogP contribution >= 0.6 is 0 Å². The van der Waals surface area contributed by atoms with Crippen LogP contribution in [-0.4, -0.2) is 62.8 Å². The van der Waals surface area contributed by atoms with Crippen LogP contribution in [0.25, 0.3) is 0 Å². The fourth-order valence-electron chi connectivity index (χ4n) is 3.18. The molecule has 0 saturated carbocycles. The first-order chi connectivity index (χ1) is 11.6. The molecular formula is C18H27N3O3. The first-order valence-electron chi connectivity index (χ1n) is 8.69. The van der Waals surface area contributed by atoms with Crippen LogP contribution < -0.4 is 15.4 Å². The van der Waals surface area contributed by atoms with Crippen molar-refractivity contribution < 1.29 is 14.3 Å². The van der Waals surface area contributed by atoms with Crippen LogP contribution in [0.15, 0.2) is 24.3 Å². The van der Waals surface area contributed by atoms with E-state index in [1.54, 1.807) is 0 Å². The van der Waals surface area contributed by atoms with E-state index >= 15 is 0 Å². The van der Waals surface area contributed by atoms with Crippen LogP contribution in [0.1, 0.15) is 24.9 Å². The van der Waals surface area contributed by atoms with Gasteiger partial charge >= 0.3 is 0 Å². The standard InChI is InChI=1S/C18H27N3O3/c1-13(19-11-14-12-21(2)8-10-23-14)18(22)20-16-7-9-24-17-6-4-3-5-15(16)17/h3-6,13-14,16,19H,7-12H2,1-2H3,(H,20,22)/t13-,14+,16-/m0/s1. The minimum absolute atomic E-state index is 0.0147. The fraction of sp³-hybridized carbons (Fsp3) is 0.611. The Morgan fingerprint density at radius 2 is 2.21 bits per heavy atom. The number of ether oxygens (including phenoxy) is 2. The highest BCUT2D eigenvalue weighted by atomic mass is 16.5. The van der Waals surface area contributed by atoms with Gasteiger partial charge in [-0.15, -0.1) is 0 Å². The predicted molar refractivity (Wildman–Crippen MR) is 92.1 cm³/mol. The number of rotatable bonds is 5. The number of hydrogen-bond acceptors (Lipinski definition) is 5. The molecule has 6 heteroatoms. The van der Waals surface area contributed by atoms with Crippen LogP contribution in [0.5, 0.6) is 5.75 Å². The number of nitrogens with one attached hydrogen (secondary N) is 2. The van der Waals surface area contributed by atoms with E-state index in [2.05, 4.69) is 22.6 Å². The number of nitrogens with zero attached hydrogens (tertiary/aromatic N) is 1. The third-order valence-corrected chi connectivity index (χ3v) is 4.66. The summed E-state index contributed by atoms with van der Waals surface area (Å²) in [6.45, 7) is 5.83. The highest BCUT2D eigenvalue weighted by Crippen LogP contribution is 2.31. The van der Waals surface area contributed by atoms with E-state index in [1.165, 1.54) is 0 Å². The lowest BCUT2D eigenvalue weighted by atomic mass is 10.0. The Kier molecular flexibility index (Phi) is 5.71. The summed E-state index contributed by atoms with van der Waals surface area (Å²) in [6, 6.07) is 7.66. The maximum absolute atomic E-state index is 12.5. The van der Waals surface area contributed by atoms with Crippen molar-refractivity contribution in [1.82, 2.24) is 15.5 Å². The highest BCUT2D eigenvalue weighted by molar-refractivity contribution is 5.81. The van der Waals surface area contributed by atoms with E-state index in [9.17, 15) is 4.79 Å². The van der Waals surface area contributed by atoms with Crippen molar-refractivity contribution in [2.24, 2.45) is 0 Å². The Morgan fingerprint density at radius 3 is 3.04 bits per heavy atom. The van der Waals surface area contributed by atoms with E-state index in [1.807, 2.05) is 31.2 Å². The summed E-state index contributed by atoms with van der Waals surface area (Å²) in [5.41, 5.74) is 1.06. The van der Waals surface area contributed by atoms with E-state index in [0.29, 0.717) is 13.2 Å². The van der Waals surface area contributed by atoms with Crippen molar-refractivity contribution in [3.63, 3.8) is 0 Å². The van der Waals surface area contributed by atoms with E-state index < -0.39 is 0 Å². The maximum atomic E-state index is 12.5. The Hall–Kier alpha value is -1.63. The zero-order chi connectivity index (χ0) is 16.9. The molecule has 2 N–H and O–H groups in total. The number of likely N-dealkylation sites (N-methyl/N-ethyl adjacent to an activating group) is 1. The van der Waals surface area contributed by atoms with Gasteiger partial charge in [0.25, 0.3) is 0 Å². The van der Waals surface area contributed by atoms with Gasteiger partial charge in [-0.1, -0.05) is 18.2 Å². The second kappa shape index (κ2) is 7.96. The second-order valence-electron chi connectivity index (χ2n) is 6.62. The highest BCUT2D eigenvalue weighted by Gasteiger charge is 2.25. The summed E-state index contributed by atoms with van der Waals surface area (Å²) in [4.78, 5) is 14.7. The number of carbonyl (C=O) groups is 1. The number of fused-ring (bicyclic) bond motifs is 1.